The number of benzene rings is 1. The van der Waals surface area contributed by atoms with Crippen molar-refractivity contribution in [2.75, 3.05) is 0 Å². The summed E-state index contributed by atoms with van der Waals surface area (Å²) in [4.78, 5) is 27.8. The van der Waals surface area contributed by atoms with Crippen LogP contribution in [-0.2, 0) is 13.0 Å². The van der Waals surface area contributed by atoms with E-state index in [-0.39, 0.29) is 12.1 Å². The van der Waals surface area contributed by atoms with E-state index in [9.17, 15) is 13.6 Å². The van der Waals surface area contributed by atoms with Gasteiger partial charge >= 0.3 is 0 Å². The van der Waals surface area contributed by atoms with Crippen LogP contribution in [0.25, 0.3) is 22.2 Å². The van der Waals surface area contributed by atoms with E-state index in [1.165, 1.54) is 31.4 Å². The van der Waals surface area contributed by atoms with Crippen molar-refractivity contribution in [2.45, 2.75) is 32.2 Å². The van der Waals surface area contributed by atoms with Gasteiger partial charge in [-0.05, 0) is 23.6 Å². The average Bonchev–Trinajstić information content (AvgIpc) is 2.99. The Morgan fingerprint density at radius 1 is 1.18 bits per heavy atom. The molecule has 1 N–H and O–H groups in total. The van der Waals surface area contributed by atoms with Crippen molar-refractivity contribution in [3.05, 3.63) is 64.0 Å². The van der Waals surface area contributed by atoms with Crippen LogP contribution in [0.2, 0.25) is 0 Å². The molecule has 0 bridgehead atoms. The zero-order chi connectivity index (χ0) is 19.3. The number of aromatic nitrogens is 5. The zero-order valence-electron chi connectivity index (χ0n) is 15.0. The number of aromatic amines is 1. The summed E-state index contributed by atoms with van der Waals surface area (Å²) in [5.74, 6) is -0.619. The van der Waals surface area contributed by atoms with E-state index < -0.39 is 17.2 Å². The van der Waals surface area contributed by atoms with Crippen LogP contribution in [0, 0.1) is 17.6 Å². The van der Waals surface area contributed by atoms with Crippen LogP contribution in [-0.4, -0.2) is 24.5 Å². The minimum Gasteiger partial charge on any atom is -0.319 e. The Bertz CT molecular complexity index is 1260. The van der Waals surface area contributed by atoms with Gasteiger partial charge in [-0.15, -0.1) is 0 Å². The molecule has 6 nitrogen and oxygen atoms in total. The highest BCUT2D eigenvalue weighted by molar-refractivity contribution is 5.82. The molecule has 142 valence electrons. The van der Waals surface area contributed by atoms with Crippen LogP contribution in [0.5, 0.6) is 0 Å². The molecule has 1 fully saturated rings. The molecule has 3 heterocycles. The van der Waals surface area contributed by atoms with Crippen LogP contribution < -0.4 is 5.56 Å². The predicted octanol–water partition coefficient (Wildman–Crippen LogP) is 3.34. The van der Waals surface area contributed by atoms with Crippen molar-refractivity contribution < 1.29 is 8.78 Å². The third-order valence-electron chi connectivity index (χ3n) is 5.48. The molecule has 0 amide bonds. The van der Waals surface area contributed by atoms with Crippen LogP contribution >= 0.6 is 0 Å². The van der Waals surface area contributed by atoms with Gasteiger partial charge in [-0.1, -0.05) is 19.3 Å². The highest BCUT2D eigenvalue weighted by atomic mass is 19.2. The summed E-state index contributed by atoms with van der Waals surface area (Å²) in [6, 6.07) is 3.96. The normalized spacial score (nSPS) is 14.6. The highest BCUT2D eigenvalue weighted by Gasteiger charge is 2.23. The number of imidazole rings is 1. The van der Waals surface area contributed by atoms with Crippen molar-refractivity contribution in [2.24, 2.45) is 5.92 Å². The van der Waals surface area contributed by atoms with Gasteiger partial charge in [0.25, 0.3) is 0 Å². The lowest BCUT2D eigenvalue weighted by Gasteiger charge is -2.25. The molecule has 8 heteroatoms. The SMILES string of the molecule is O=c1cc(Cn2c(CC3CCC3)nc3nccnc32)c2ccc(F)c(F)c2[nH]1. The summed E-state index contributed by atoms with van der Waals surface area (Å²) in [6.45, 7) is 0.280. The molecule has 0 atom stereocenters. The second-order valence-corrected chi connectivity index (χ2v) is 7.26. The number of nitrogens with one attached hydrogen (secondary N) is 1. The lowest BCUT2D eigenvalue weighted by Crippen LogP contribution is -2.18. The van der Waals surface area contributed by atoms with Gasteiger partial charge in [0.2, 0.25) is 5.56 Å². The summed E-state index contributed by atoms with van der Waals surface area (Å²) >= 11 is 0. The van der Waals surface area contributed by atoms with E-state index in [1.54, 1.807) is 12.4 Å². The fraction of sp³-hybridized carbons (Fsp3) is 0.300. The molecule has 28 heavy (non-hydrogen) atoms. The molecule has 0 radical (unpaired) electrons. The van der Waals surface area contributed by atoms with E-state index in [2.05, 4.69) is 19.9 Å². The topological polar surface area (TPSA) is 76.5 Å². The monoisotopic (exact) mass is 381 g/mol. The lowest BCUT2D eigenvalue weighted by atomic mass is 9.83. The van der Waals surface area contributed by atoms with Crippen molar-refractivity contribution in [1.82, 2.24) is 24.5 Å². The van der Waals surface area contributed by atoms with Crippen LogP contribution in [0.1, 0.15) is 30.7 Å². The van der Waals surface area contributed by atoms with Crippen LogP contribution in [0.4, 0.5) is 8.78 Å². The summed E-state index contributed by atoms with van der Waals surface area (Å²) in [6.07, 6.45) is 7.56. The van der Waals surface area contributed by atoms with Gasteiger partial charge in [0, 0.05) is 30.3 Å². The lowest BCUT2D eigenvalue weighted by molar-refractivity contribution is 0.307. The average molecular weight is 381 g/mol. The third kappa shape index (κ3) is 2.76. The van der Waals surface area contributed by atoms with E-state index in [0.717, 1.165) is 18.3 Å². The number of H-pyrrole nitrogens is 1. The fourth-order valence-electron chi connectivity index (χ4n) is 3.81. The first kappa shape index (κ1) is 17.0. The number of rotatable bonds is 4. The zero-order valence-corrected chi connectivity index (χ0v) is 15.0. The van der Waals surface area contributed by atoms with E-state index in [0.29, 0.717) is 28.2 Å². The number of pyridine rings is 1. The minimum absolute atomic E-state index is 0.126. The van der Waals surface area contributed by atoms with Crippen molar-refractivity contribution in [3.63, 3.8) is 0 Å². The molecule has 0 aliphatic heterocycles. The van der Waals surface area contributed by atoms with E-state index in [4.69, 9.17) is 0 Å². The molecule has 1 aromatic carbocycles. The molecule has 1 aliphatic rings. The molecule has 1 aliphatic carbocycles. The van der Waals surface area contributed by atoms with Crippen molar-refractivity contribution in [3.8, 4) is 0 Å². The molecule has 0 saturated heterocycles. The second-order valence-electron chi connectivity index (χ2n) is 7.26. The van der Waals surface area contributed by atoms with Gasteiger partial charge in [0.05, 0.1) is 12.1 Å². The molecular formula is C20H17F2N5O. The van der Waals surface area contributed by atoms with Crippen molar-refractivity contribution >= 4 is 22.2 Å². The van der Waals surface area contributed by atoms with Crippen LogP contribution in [0.3, 0.4) is 0 Å². The highest BCUT2D eigenvalue weighted by Crippen LogP contribution is 2.31. The Labute approximate surface area is 158 Å². The second kappa shape index (κ2) is 6.47. The Kier molecular flexibility index (Phi) is 3.92. The quantitative estimate of drug-likeness (QED) is 0.588. The summed E-state index contributed by atoms with van der Waals surface area (Å²) in [5.41, 5.74) is 1.13. The van der Waals surface area contributed by atoms with Gasteiger partial charge in [-0.3, -0.25) is 4.79 Å². The van der Waals surface area contributed by atoms with Gasteiger partial charge < -0.3 is 9.55 Å². The number of fused-ring (bicyclic) bond motifs is 2. The van der Waals surface area contributed by atoms with Gasteiger partial charge in [0.15, 0.2) is 22.9 Å². The Balaban J connectivity index is 1.67. The smallest absolute Gasteiger partial charge is 0.248 e. The van der Waals surface area contributed by atoms with Crippen molar-refractivity contribution in [1.29, 1.82) is 0 Å². The number of nitrogens with zero attached hydrogens (tertiary/aromatic N) is 4. The summed E-state index contributed by atoms with van der Waals surface area (Å²) in [5, 5.41) is 0.457. The minimum atomic E-state index is -1.05. The molecule has 4 aromatic rings. The number of hydrogen-bond donors (Lipinski definition) is 1. The molecule has 3 aromatic heterocycles. The van der Waals surface area contributed by atoms with Gasteiger partial charge in [-0.2, -0.15) is 0 Å². The number of halogens is 2. The fourth-order valence-corrected chi connectivity index (χ4v) is 3.81. The maximum Gasteiger partial charge on any atom is 0.248 e. The Morgan fingerprint density at radius 3 is 2.79 bits per heavy atom. The Morgan fingerprint density at radius 2 is 2.00 bits per heavy atom. The third-order valence-corrected chi connectivity index (χ3v) is 5.48. The standard InChI is InChI=1S/C20H17F2N5O/c21-14-5-4-13-12(9-16(28)26-18(13)17(14)22)10-27-15(8-11-2-1-3-11)25-19-20(27)24-7-6-23-19/h4-7,9,11H,1-3,8,10H2,(H,26,28). The molecule has 0 unspecified atom stereocenters. The maximum absolute atomic E-state index is 14.2. The van der Waals surface area contributed by atoms with Crippen LogP contribution in [0.15, 0.2) is 35.4 Å². The summed E-state index contributed by atoms with van der Waals surface area (Å²) in [7, 11) is 0. The molecular weight excluding hydrogens is 364 g/mol. The molecule has 1 saturated carbocycles. The first-order chi connectivity index (χ1) is 13.6. The summed E-state index contributed by atoms with van der Waals surface area (Å²) < 4.78 is 29.8. The predicted molar refractivity (Wildman–Crippen MR) is 100.0 cm³/mol. The van der Waals surface area contributed by atoms with Gasteiger partial charge in [-0.25, -0.2) is 23.7 Å². The maximum atomic E-state index is 14.2. The Hall–Kier alpha value is -3.16. The van der Waals surface area contributed by atoms with Gasteiger partial charge in [0.1, 0.15) is 5.82 Å². The number of hydrogen-bond acceptors (Lipinski definition) is 4. The largest absolute Gasteiger partial charge is 0.319 e. The molecule has 0 spiro atoms. The van der Waals surface area contributed by atoms with E-state index in [1.807, 2.05) is 4.57 Å². The first-order valence-corrected chi connectivity index (χ1v) is 9.26. The van der Waals surface area contributed by atoms with E-state index >= 15 is 0 Å². The first-order valence-electron chi connectivity index (χ1n) is 9.26. The molecule has 5 rings (SSSR count).